The van der Waals surface area contributed by atoms with Gasteiger partial charge in [-0.3, -0.25) is 4.79 Å². The predicted molar refractivity (Wildman–Crippen MR) is 158 cm³/mol. The molecule has 1 aromatic carbocycles. The zero-order chi connectivity index (χ0) is 30.8. The maximum Gasteiger partial charge on any atom is 0.511 e. The van der Waals surface area contributed by atoms with E-state index < -0.39 is 24.0 Å². The minimum Gasteiger partial charge on any atom is -1.00 e. The summed E-state index contributed by atoms with van der Waals surface area (Å²) in [7, 11) is 2.03. The summed E-state index contributed by atoms with van der Waals surface area (Å²) in [5, 5.41) is 3.73. The van der Waals surface area contributed by atoms with Crippen LogP contribution in [0.25, 0.3) is 10.9 Å². The van der Waals surface area contributed by atoms with Gasteiger partial charge in [-0.25, -0.2) is 14.2 Å². The standard InChI is InChI=1S/C32H44N4O6.ClH/c1-21-35(19-22-13-14-25-27(28(22)37)23-11-9-10-12-24(23)34(25)8)17-18-36(21)20-40-30(39)41-26(31(2,3)4)15-16-33-29(38)42-32(5,6)7;/h9-12,17-18,22,26H,13-16,19-20H2,1-8H3;1H. The van der Waals surface area contributed by atoms with E-state index in [4.69, 9.17) is 14.2 Å². The summed E-state index contributed by atoms with van der Waals surface area (Å²) in [4.78, 5) is 38.2. The molecule has 0 saturated heterocycles. The van der Waals surface area contributed by atoms with Crippen molar-refractivity contribution in [1.82, 2.24) is 14.5 Å². The normalized spacial score (nSPS) is 15.8. The average Bonchev–Trinajstić information content (AvgIpc) is 3.39. The number of rotatable bonds is 8. The molecule has 0 bridgehead atoms. The van der Waals surface area contributed by atoms with Crippen molar-refractivity contribution >= 4 is 28.9 Å². The van der Waals surface area contributed by atoms with Crippen molar-refractivity contribution in [2.24, 2.45) is 18.4 Å². The third kappa shape index (κ3) is 8.10. The number of hydrogen-bond acceptors (Lipinski definition) is 6. The second-order valence-electron chi connectivity index (χ2n) is 13.2. The number of carbonyl (C=O) groups is 3. The highest BCUT2D eigenvalue weighted by atomic mass is 35.5. The molecular formula is C32H45ClN4O6. The highest BCUT2D eigenvalue weighted by molar-refractivity contribution is 6.11. The molecule has 1 N–H and O–H groups in total. The highest BCUT2D eigenvalue weighted by Crippen LogP contribution is 2.34. The molecular weight excluding hydrogens is 572 g/mol. The fourth-order valence-electron chi connectivity index (χ4n) is 5.50. The van der Waals surface area contributed by atoms with E-state index in [0.717, 1.165) is 40.8 Å². The average molecular weight is 617 g/mol. The molecule has 11 heteroatoms. The third-order valence-electron chi connectivity index (χ3n) is 7.85. The molecule has 1 aliphatic carbocycles. The van der Waals surface area contributed by atoms with E-state index in [1.807, 2.05) is 74.5 Å². The molecule has 2 aromatic heterocycles. The van der Waals surface area contributed by atoms with Crippen LogP contribution in [-0.2, 0) is 41.0 Å². The second kappa shape index (κ2) is 13.4. The Morgan fingerprint density at radius 3 is 2.51 bits per heavy atom. The minimum atomic E-state index is -0.780. The number of benzene rings is 1. The van der Waals surface area contributed by atoms with Gasteiger partial charge in [-0.15, -0.1) is 0 Å². The van der Waals surface area contributed by atoms with Crippen molar-refractivity contribution in [2.75, 3.05) is 6.54 Å². The van der Waals surface area contributed by atoms with Crippen LogP contribution >= 0.6 is 0 Å². The zero-order valence-corrected chi connectivity index (χ0v) is 27.3. The van der Waals surface area contributed by atoms with E-state index >= 15 is 0 Å². The van der Waals surface area contributed by atoms with Gasteiger partial charge >= 0.3 is 12.2 Å². The lowest BCUT2D eigenvalue weighted by Gasteiger charge is -2.30. The van der Waals surface area contributed by atoms with Gasteiger partial charge in [-0.05, 0) is 45.1 Å². The number of Topliss-reactive ketones (excluding diaryl/α,β-unsaturated/α-hetero) is 1. The molecule has 236 valence electrons. The molecule has 0 saturated carbocycles. The van der Waals surface area contributed by atoms with Crippen molar-refractivity contribution in [3.05, 3.63) is 53.7 Å². The van der Waals surface area contributed by atoms with Crippen LogP contribution in [0.4, 0.5) is 9.59 Å². The number of carbonyl (C=O) groups excluding carboxylic acids is 3. The molecule has 0 spiro atoms. The van der Waals surface area contributed by atoms with Crippen LogP contribution in [0.15, 0.2) is 36.7 Å². The largest absolute Gasteiger partial charge is 1.00 e. The number of fused-ring (bicyclic) bond motifs is 3. The van der Waals surface area contributed by atoms with Gasteiger partial charge in [0.1, 0.15) is 30.6 Å². The molecule has 0 radical (unpaired) electrons. The Labute approximate surface area is 260 Å². The second-order valence-corrected chi connectivity index (χ2v) is 13.2. The number of aryl methyl sites for hydroxylation is 1. The number of nitrogens with one attached hydrogen (secondary N) is 1. The molecule has 3 aromatic rings. The molecule has 0 fully saturated rings. The van der Waals surface area contributed by atoms with E-state index in [2.05, 4.69) is 16.0 Å². The number of alkyl carbamates (subject to hydrolysis) is 1. The number of imidazole rings is 1. The van der Waals surface area contributed by atoms with Crippen LogP contribution in [0.5, 0.6) is 0 Å². The van der Waals surface area contributed by atoms with Crippen molar-refractivity contribution in [2.45, 2.75) is 92.7 Å². The number of amides is 1. The Morgan fingerprint density at radius 1 is 1.14 bits per heavy atom. The summed E-state index contributed by atoms with van der Waals surface area (Å²) >= 11 is 0. The van der Waals surface area contributed by atoms with Gasteiger partial charge in [0.25, 0.3) is 5.82 Å². The van der Waals surface area contributed by atoms with Crippen LogP contribution in [0.2, 0.25) is 0 Å². The molecule has 2 unspecified atom stereocenters. The summed E-state index contributed by atoms with van der Waals surface area (Å²) < 4.78 is 22.4. The minimum absolute atomic E-state index is 0. The van der Waals surface area contributed by atoms with E-state index in [0.29, 0.717) is 19.5 Å². The van der Waals surface area contributed by atoms with Crippen LogP contribution in [-0.4, -0.2) is 45.4 Å². The first-order valence-electron chi connectivity index (χ1n) is 14.6. The molecule has 43 heavy (non-hydrogen) atoms. The summed E-state index contributed by atoms with van der Waals surface area (Å²) in [6.45, 7) is 14.1. The number of hydrogen-bond donors (Lipinski definition) is 1. The summed E-state index contributed by atoms with van der Waals surface area (Å²) in [5.41, 5.74) is 2.09. The van der Waals surface area contributed by atoms with E-state index in [9.17, 15) is 14.4 Å². The lowest BCUT2D eigenvalue weighted by atomic mass is 9.85. The Hall–Kier alpha value is -3.53. The summed E-state index contributed by atoms with van der Waals surface area (Å²) in [6, 6.07) is 8.07. The first-order chi connectivity index (χ1) is 19.7. The summed E-state index contributed by atoms with van der Waals surface area (Å²) in [5.74, 6) is 0.922. The molecule has 1 aliphatic rings. The van der Waals surface area contributed by atoms with Gasteiger partial charge in [-0.2, -0.15) is 4.57 Å². The maximum absolute atomic E-state index is 13.6. The molecule has 2 heterocycles. The van der Waals surface area contributed by atoms with Gasteiger partial charge in [0, 0.05) is 49.1 Å². The quantitative estimate of drug-likeness (QED) is 0.308. The van der Waals surface area contributed by atoms with Crippen molar-refractivity contribution in [3.63, 3.8) is 0 Å². The predicted octanol–water partition coefficient (Wildman–Crippen LogP) is 2.47. The Morgan fingerprint density at radius 2 is 1.84 bits per heavy atom. The van der Waals surface area contributed by atoms with Crippen molar-refractivity contribution in [3.8, 4) is 0 Å². The Kier molecular flexibility index (Phi) is 10.6. The van der Waals surface area contributed by atoms with Crippen LogP contribution < -0.4 is 22.3 Å². The van der Waals surface area contributed by atoms with E-state index in [-0.39, 0.29) is 36.3 Å². The number of nitrogens with zero attached hydrogens (tertiary/aromatic N) is 3. The maximum atomic E-state index is 13.6. The van der Waals surface area contributed by atoms with Crippen LogP contribution in [0.1, 0.15) is 76.3 Å². The van der Waals surface area contributed by atoms with E-state index in [1.54, 1.807) is 20.8 Å². The van der Waals surface area contributed by atoms with Crippen molar-refractivity contribution in [1.29, 1.82) is 0 Å². The highest BCUT2D eigenvalue weighted by Gasteiger charge is 2.34. The topological polar surface area (TPSA) is 105 Å². The van der Waals surface area contributed by atoms with Crippen molar-refractivity contribution < 1.29 is 45.6 Å². The number of ether oxygens (including phenoxy) is 3. The Balaban J connectivity index is 0.00000506. The SMILES string of the molecule is Cc1n(CC2CCc3c(c4ccccc4n3C)C2=O)cc[n+]1COC(=O)OC(CCNC(=O)OC(C)(C)C)C(C)(C)C.[Cl-]. The lowest BCUT2D eigenvalue weighted by molar-refractivity contribution is -0.732. The molecule has 2 atom stereocenters. The molecule has 4 rings (SSSR count). The van der Waals surface area contributed by atoms with E-state index in [1.165, 1.54) is 0 Å². The fraction of sp³-hybridized carbons (Fsp3) is 0.562. The Bertz CT molecular complexity index is 1460. The number of halogens is 1. The first kappa shape index (κ1) is 34.0. The van der Waals surface area contributed by atoms with Crippen LogP contribution in [0.3, 0.4) is 0 Å². The number of ketones is 1. The zero-order valence-electron chi connectivity index (χ0n) is 26.5. The number of aromatic nitrogens is 3. The van der Waals surface area contributed by atoms with Crippen LogP contribution in [0, 0.1) is 18.3 Å². The molecule has 10 nitrogen and oxygen atoms in total. The smallest absolute Gasteiger partial charge is 0.511 e. The third-order valence-corrected chi connectivity index (χ3v) is 7.85. The lowest BCUT2D eigenvalue weighted by Crippen LogP contribution is -3.00. The summed E-state index contributed by atoms with van der Waals surface area (Å²) in [6.07, 6.45) is 4.03. The van der Waals surface area contributed by atoms with Gasteiger partial charge < -0.3 is 36.5 Å². The van der Waals surface area contributed by atoms with Gasteiger partial charge in [0.15, 0.2) is 5.78 Å². The molecule has 0 aliphatic heterocycles. The number of para-hydroxylation sites is 1. The first-order valence-corrected chi connectivity index (χ1v) is 14.6. The van der Waals surface area contributed by atoms with Gasteiger partial charge in [0.05, 0.1) is 5.92 Å². The van der Waals surface area contributed by atoms with Gasteiger partial charge in [0.2, 0.25) is 6.73 Å². The monoisotopic (exact) mass is 616 g/mol. The fourth-order valence-corrected chi connectivity index (χ4v) is 5.50. The molecule has 1 amide bonds. The van der Waals surface area contributed by atoms with Gasteiger partial charge in [-0.1, -0.05) is 39.0 Å².